The molecule has 0 heterocycles. The van der Waals surface area contributed by atoms with Crippen molar-refractivity contribution in [2.45, 2.75) is 19.8 Å². The van der Waals surface area contributed by atoms with Gasteiger partial charge in [-0.1, -0.05) is 29.8 Å². The van der Waals surface area contributed by atoms with E-state index >= 15 is 0 Å². The molecular formula is C13H20BrNO. The first-order valence-corrected chi connectivity index (χ1v) is 6.37. The number of likely N-dealkylation sites (N-methyl/N-ethyl adjacent to an activating group) is 1. The second-order valence-electron chi connectivity index (χ2n) is 4.29. The molecule has 90 valence electrons. The second kappa shape index (κ2) is 6.26. The molecule has 0 radical (unpaired) electrons. The molecule has 0 aromatic heterocycles. The molecule has 1 aromatic carbocycles. The Morgan fingerprint density at radius 2 is 2.06 bits per heavy atom. The summed E-state index contributed by atoms with van der Waals surface area (Å²) in [7, 11) is 3.71. The van der Waals surface area contributed by atoms with E-state index in [0.717, 1.165) is 16.8 Å². The van der Waals surface area contributed by atoms with Crippen LogP contribution in [0.5, 0.6) is 5.75 Å². The van der Waals surface area contributed by atoms with Crippen molar-refractivity contribution in [3.8, 4) is 5.75 Å². The van der Waals surface area contributed by atoms with Gasteiger partial charge in [-0.05, 0) is 36.7 Å². The van der Waals surface area contributed by atoms with E-state index in [1.54, 1.807) is 7.11 Å². The van der Waals surface area contributed by atoms with Crippen LogP contribution in [-0.4, -0.2) is 20.7 Å². The topological polar surface area (TPSA) is 21.3 Å². The lowest BCUT2D eigenvalue weighted by molar-refractivity contribution is 0.391. The molecule has 3 heteroatoms. The maximum atomic E-state index is 5.43. The van der Waals surface area contributed by atoms with Gasteiger partial charge in [0.25, 0.3) is 0 Å². The first kappa shape index (κ1) is 13.5. The molecule has 1 rings (SSSR count). The number of rotatable bonds is 5. The molecule has 0 bridgehead atoms. The highest BCUT2D eigenvalue weighted by molar-refractivity contribution is 9.10. The van der Waals surface area contributed by atoms with E-state index < -0.39 is 0 Å². The Kier molecular flexibility index (Phi) is 5.29. The minimum atomic E-state index is 0.470. The van der Waals surface area contributed by atoms with Gasteiger partial charge in [0.1, 0.15) is 5.75 Å². The van der Waals surface area contributed by atoms with Gasteiger partial charge < -0.3 is 10.1 Å². The van der Waals surface area contributed by atoms with Crippen LogP contribution >= 0.6 is 15.9 Å². The molecule has 0 aliphatic rings. The maximum absolute atomic E-state index is 5.43. The molecule has 0 spiro atoms. The summed E-state index contributed by atoms with van der Waals surface area (Å²) in [6.07, 6.45) is 0. The second-order valence-corrected chi connectivity index (χ2v) is 5.21. The quantitative estimate of drug-likeness (QED) is 0.895. The molecule has 2 nitrogen and oxygen atoms in total. The van der Waals surface area contributed by atoms with Gasteiger partial charge in [0.15, 0.2) is 0 Å². The summed E-state index contributed by atoms with van der Waals surface area (Å²) in [5.41, 5.74) is 1.27. The minimum Gasteiger partial charge on any atom is -0.496 e. The number of hydrogen-bond acceptors (Lipinski definition) is 2. The van der Waals surface area contributed by atoms with E-state index in [-0.39, 0.29) is 0 Å². The summed E-state index contributed by atoms with van der Waals surface area (Å²) >= 11 is 3.52. The van der Waals surface area contributed by atoms with Gasteiger partial charge in [-0.2, -0.15) is 0 Å². The first-order chi connectivity index (χ1) is 7.60. The zero-order valence-electron chi connectivity index (χ0n) is 10.4. The zero-order chi connectivity index (χ0) is 12.1. The lowest BCUT2D eigenvalue weighted by atomic mass is 9.88. The zero-order valence-corrected chi connectivity index (χ0v) is 12.0. The van der Waals surface area contributed by atoms with Crippen LogP contribution in [0.1, 0.15) is 25.3 Å². The molecule has 16 heavy (non-hydrogen) atoms. The van der Waals surface area contributed by atoms with E-state index in [1.165, 1.54) is 5.56 Å². The lowest BCUT2D eigenvalue weighted by Crippen LogP contribution is -2.21. The molecule has 0 amide bonds. The third-order valence-corrected chi connectivity index (χ3v) is 3.31. The van der Waals surface area contributed by atoms with Crippen molar-refractivity contribution in [2.75, 3.05) is 20.7 Å². The Hall–Kier alpha value is -0.540. The maximum Gasteiger partial charge on any atom is 0.122 e. The van der Waals surface area contributed by atoms with Crippen molar-refractivity contribution in [3.63, 3.8) is 0 Å². The van der Waals surface area contributed by atoms with E-state index in [9.17, 15) is 0 Å². The smallest absolute Gasteiger partial charge is 0.122 e. The average molecular weight is 286 g/mol. The summed E-state index contributed by atoms with van der Waals surface area (Å²) in [6.45, 7) is 5.44. The van der Waals surface area contributed by atoms with Crippen LogP contribution in [0.25, 0.3) is 0 Å². The number of benzene rings is 1. The molecule has 0 aliphatic carbocycles. The third kappa shape index (κ3) is 3.22. The summed E-state index contributed by atoms with van der Waals surface area (Å²) in [4.78, 5) is 0. The van der Waals surface area contributed by atoms with Crippen molar-refractivity contribution in [1.29, 1.82) is 0 Å². The van der Waals surface area contributed by atoms with Gasteiger partial charge in [0, 0.05) is 16.9 Å². The summed E-state index contributed by atoms with van der Waals surface area (Å²) in [6, 6.07) is 6.18. The lowest BCUT2D eigenvalue weighted by Gasteiger charge is -2.23. The van der Waals surface area contributed by atoms with E-state index in [2.05, 4.69) is 41.2 Å². The van der Waals surface area contributed by atoms with Crippen molar-refractivity contribution in [1.82, 2.24) is 5.32 Å². The fraction of sp³-hybridized carbons (Fsp3) is 0.538. The molecule has 1 unspecified atom stereocenters. The molecule has 0 fully saturated rings. The number of ether oxygens (including phenoxy) is 1. The number of hydrogen-bond donors (Lipinski definition) is 1. The third-order valence-electron chi connectivity index (χ3n) is 2.82. The Morgan fingerprint density at radius 1 is 1.38 bits per heavy atom. The number of nitrogens with one attached hydrogen (secondary N) is 1. The molecule has 0 aliphatic heterocycles. The van der Waals surface area contributed by atoms with Gasteiger partial charge >= 0.3 is 0 Å². The SMILES string of the molecule is CNCC(c1cc(Br)ccc1OC)C(C)C. The molecule has 0 saturated carbocycles. The summed E-state index contributed by atoms with van der Waals surface area (Å²) in [5, 5.41) is 3.25. The standard InChI is InChI=1S/C13H20BrNO/c1-9(2)12(8-15-3)11-7-10(14)5-6-13(11)16-4/h5-7,9,12,15H,8H2,1-4H3. The Balaban J connectivity index is 3.10. The van der Waals surface area contributed by atoms with Gasteiger partial charge in [0.2, 0.25) is 0 Å². The largest absolute Gasteiger partial charge is 0.496 e. The van der Waals surface area contributed by atoms with E-state index in [1.807, 2.05) is 19.2 Å². The predicted octanol–water partition coefficient (Wildman–Crippen LogP) is 3.42. The fourth-order valence-electron chi connectivity index (χ4n) is 1.92. The van der Waals surface area contributed by atoms with Crippen LogP contribution in [0, 0.1) is 5.92 Å². The summed E-state index contributed by atoms with van der Waals surface area (Å²) in [5.74, 6) is 2.02. The normalized spacial score (nSPS) is 12.9. The highest BCUT2D eigenvalue weighted by Gasteiger charge is 2.19. The van der Waals surface area contributed by atoms with Crippen molar-refractivity contribution in [2.24, 2.45) is 5.92 Å². The van der Waals surface area contributed by atoms with Crippen LogP contribution in [0.4, 0.5) is 0 Å². The highest BCUT2D eigenvalue weighted by atomic mass is 79.9. The molecule has 0 saturated heterocycles. The van der Waals surface area contributed by atoms with Gasteiger partial charge in [-0.25, -0.2) is 0 Å². The molecule has 1 N–H and O–H groups in total. The van der Waals surface area contributed by atoms with Gasteiger partial charge in [-0.15, -0.1) is 0 Å². The Morgan fingerprint density at radius 3 is 2.56 bits per heavy atom. The number of halogens is 1. The monoisotopic (exact) mass is 285 g/mol. The Labute approximate surface area is 107 Å². The van der Waals surface area contributed by atoms with Crippen LogP contribution in [0.15, 0.2) is 22.7 Å². The first-order valence-electron chi connectivity index (χ1n) is 5.58. The van der Waals surface area contributed by atoms with Gasteiger partial charge in [-0.3, -0.25) is 0 Å². The number of methoxy groups -OCH3 is 1. The predicted molar refractivity (Wildman–Crippen MR) is 72.2 cm³/mol. The van der Waals surface area contributed by atoms with Crippen LogP contribution < -0.4 is 10.1 Å². The Bertz CT molecular complexity index is 339. The minimum absolute atomic E-state index is 0.470. The average Bonchev–Trinajstić information content (AvgIpc) is 2.25. The van der Waals surface area contributed by atoms with Crippen molar-refractivity contribution < 1.29 is 4.74 Å². The van der Waals surface area contributed by atoms with E-state index in [4.69, 9.17) is 4.74 Å². The van der Waals surface area contributed by atoms with Crippen LogP contribution in [0.2, 0.25) is 0 Å². The van der Waals surface area contributed by atoms with Crippen LogP contribution in [0.3, 0.4) is 0 Å². The van der Waals surface area contributed by atoms with Crippen molar-refractivity contribution >= 4 is 15.9 Å². The molecular weight excluding hydrogens is 266 g/mol. The van der Waals surface area contributed by atoms with Gasteiger partial charge in [0.05, 0.1) is 7.11 Å². The highest BCUT2D eigenvalue weighted by Crippen LogP contribution is 2.33. The van der Waals surface area contributed by atoms with Crippen molar-refractivity contribution in [3.05, 3.63) is 28.2 Å². The van der Waals surface area contributed by atoms with E-state index in [0.29, 0.717) is 11.8 Å². The molecule has 1 aromatic rings. The van der Waals surface area contributed by atoms with Crippen LogP contribution in [-0.2, 0) is 0 Å². The fourth-order valence-corrected chi connectivity index (χ4v) is 2.30. The summed E-state index contributed by atoms with van der Waals surface area (Å²) < 4.78 is 6.53. The molecule has 1 atom stereocenters.